The number of ether oxygens (including phenoxy) is 2. The fraction of sp³-hybridized carbons (Fsp3) is 0.667. The summed E-state index contributed by atoms with van der Waals surface area (Å²) in [5.74, 6) is -0.416. The van der Waals surface area contributed by atoms with Crippen LogP contribution in [-0.2, 0) is 9.47 Å². The van der Waals surface area contributed by atoms with E-state index in [0.29, 0.717) is 13.2 Å². The Morgan fingerprint density at radius 2 is 2.15 bits per heavy atom. The van der Waals surface area contributed by atoms with Gasteiger partial charge in [-0.3, -0.25) is 9.88 Å². The van der Waals surface area contributed by atoms with Crippen LogP contribution in [0.15, 0.2) is 24.4 Å². The van der Waals surface area contributed by atoms with Crippen molar-refractivity contribution < 1.29 is 9.47 Å². The molecule has 1 spiro atoms. The van der Waals surface area contributed by atoms with E-state index >= 15 is 0 Å². The molecule has 0 amide bonds. The first kappa shape index (κ1) is 13.9. The quantitative estimate of drug-likeness (QED) is 0.902. The Hall–Kier alpha value is -1.01. The molecular weight excluding hydrogens is 254 g/mol. The van der Waals surface area contributed by atoms with Crippen molar-refractivity contribution in [1.82, 2.24) is 9.88 Å². The fourth-order valence-electron chi connectivity index (χ4n) is 3.33. The highest BCUT2D eigenvalue weighted by molar-refractivity contribution is 5.12. The number of likely N-dealkylation sites (tertiary alicyclic amines) is 1. The lowest BCUT2D eigenvalue weighted by molar-refractivity contribution is -0.195. The number of piperidine rings is 1. The topological polar surface area (TPSA) is 60.6 Å². The van der Waals surface area contributed by atoms with Crippen LogP contribution >= 0.6 is 0 Å². The molecule has 0 bridgehead atoms. The third-order valence-electron chi connectivity index (χ3n) is 4.14. The van der Waals surface area contributed by atoms with E-state index in [9.17, 15) is 0 Å². The highest BCUT2D eigenvalue weighted by Crippen LogP contribution is 2.34. The van der Waals surface area contributed by atoms with Crippen molar-refractivity contribution >= 4 is 0 Å². The molecule has 2 aliphatic heterocycles. The number of hydrogen-bond acceptors (Lipinski definition) is 5. The number of rotatable bonds is 3. The van der Waals surface area contributed by atoms with Crippen LogP contribution in [0.3, 0.4) is 0 Å². The van der Waals surface area contributed by atoms with E-state index in [0.717, 1.165) is 31.6 Å². The summed E-state index contributed by atoms with van der Waals surface area (Å²) in [5, 5.41) is 0. The monoisotopic (exact) mass is 277 g/mol. The maximum Gasteiger partial charge on any atom is 0.181 e. The Morgan fingerprint density at radius 1 is 1.35 bits per heavy atom. The Kier molecular flexibility index (Phi) is 4.03. The van der Waals surface area contributed by atoms with Gasteiger partial charge in [0, 0.05) is 18.7 Å². The first-order valence-electron chi connectivity index (χ1n) is 7.39. The van der Waals surface area contributed by atoms with Crippen LogP contribution in [0, 0.1) is 0 Å². The maximum atomic E-state index is 6.22. The molecule has 110 valence electrons. The van der Waals surface area contributed by atoms with Crippen molar-refractivity contribution in [1.29, 1.82) is 0 Å². The SMILES string of the molecule is CC(N)C(c1ccccn1)N1CCCC2(C1)OCCO2. The van der Waals surface area contributed by atoms with Gasteiger partial charge in [-0.15, -0.1) is 0 Å². The van der Waals surface area contributed by atoms with Gasteiger partial charge in [0.05, 0.1) is 31.5 Å². The summed E-state index contributed by atoms with van der Waals surface area (Å²) in [6, 6.07) is 6.12. The van der Waals surface area contributed by atoms with E-state index in [2.05, 4.69) is 9.88 Å². The second-order valence-corrected chi connectivity index (χ2v) is 5.74. The minimum Gasteiger partial charge on any atom is -0.346 e. The van der Waals surface area contributed by atoms with E-state index in [1.54, 1.807) is 0 Å². The summed E-state index contributed by atoms with van der Waals surface area (Å²) in [5.41, 5.74) is 7.25. The van der Waals surface area contributed by atoms with Crippen molar-refractivity contribution in [3.05, 3.63) is 30.1 Å². The lowest BCUT2D eigenvalue weighted by atomic mass is 9.97. The molecule has 0 saturated carbocycles. The summed E-state index contributed by atoms with van der Waals surface area (Å²) in [6.45, 7) is 5.21. The van der Waals surface area contributed by atoms with Crippen molar-refractivity contribution in [2.45, 2.75) is 37.6 Å². The molecule has 2 atom stereocenters. The van der Waals surface area contributed by atoms with Crippen molar-refractivity contribution in [2.24, 2.45) is 5.73 Å². The highest BCUT2D eigenvalue weighted by atomic mass is 16.7. The first-order valence-corrected chi connectivity index (χ1v) is 7.39. The van der Waals surface area contributed by atoms with E-state index in [4.69, 9.17) is 15.2 Å². The maximum absolute atomic E-state index is 6.22. The van der Waals surface area contributed by atoms with Crippen LogP contribution in [-0.4, -0.2) is 48.0 Å². The molecule has 0 aliphatic carbocycles. The van der Waals surface area contributed by atoms with Gasteiger partial charge < -0.3 is 15.2 Å². The highest BCUT2D eigenvalue weighted by Gasteiger charge is 2.43. The molecular formula is C15H23N3O2. The average molecular weight is 277 g/mol. The van der Waals surface area contributed by atoms with E-state index in [1.807, 2.05) is 31.3 Å². The largest absolute Gasteiger partial charge is 0.346 e. The predicted molar refractivity (Wildman–Crippen MR) is 76.1 cm³/mol. The van der Waals surface area contributed by atoms with Gasteiger partial charge in [0.1, 0.15) is 0 Å². The van der Waals surface area contributed by atoms with Crippen LogP contribution in [0.4, 0.5) is 0 Å². The standard InChI is InChI=1S/C15H23N3O2/c1-12(16)14(13-5-2-3-7-17-13)18-8-4-6-15(11-18)19-9-10-20-15/h2-3,5,7,12,14H,4,6,8-11,16H2,1H3. The van der Waals surface area contributed by atoms with Crippen molar-refractivity contribution in [3.63, 3.8) is 0 Å². The molecule has 0 radical (unpaired) electrons. The number of nitrogens with zero attached hydrogens (tertiary/aromatic N) is 2. The molecule has 3 heterocycles. The van der Waals surface area contributed by atoms with Crippen LogP contribution in [0.2, 0.25) is 0 Å². The van der Waals surface area contributed by atoms with Crippen LogP contribution in [0.1, 0.15) is 31.5 Å². The molecule has 5 heteroatoms. The number of hydrogen-bond donors (Lipinski definition) is 1. The van der Waals surface area contributed by atoms with Gasteiger partial charge in [0.2, 0.25) is 0 Å². The third-order valence-corrected chi connectivity index (χ3v) is 4.14. The molecule has 20 heavy (non-hydrogen) atoms. The van der Waals surface area contributed by atoms with Gasteiger partial charge in [-0.1, -0.05) is 6.07 Å². The smallest absolute Gasteiger partial charge is 0.181 e. The number of nitrogens with two attached hydrogens (primary N) is 1. The van der Waals surface area contributed by atoms with Crippen LogP contribution < -0.4 is 5.73 Å². The van der Waals surface area contributed by atoms with E-state index in [1.165, 1.54) is 0 Å². The summed E-state index contributed by atoms with van der Waals surface area (Å²) in [7, 11) is 0. The summed E-state index contributed by atoms with van der Waals surface area (Å²) in [6.07, 6.45) is 3.86. The zero-order valence-corrected chi connectivity index (χ0v) is 12.0. The molecule has 2 N–H and O–H groups in total. The molecule has 1 aromatic heterocycles. The van der Waals surface area contributed by atoms with Gasteiger partial charge in [-0.05, 0) is 32.0 Å². The minimum atomic E-state index is -0.416. The predicted octanol–water partition coefficient (Wildman–Crippen LogP) is 1.31. The van der Waals surface area contributed by atoms with Gasteiger partial charge in [0.15, 0.2) is 5.79 Å². The van der Waals surface area contributed by atoms with Gasteiger partial charge in [-0.2, -0.15) is 0 Å². The zero-order valence-electron chi connectivity index (χ0n) is 12.0. The Morgan fingerprint density at radius 3 is 2.80 bits per heavy atom. The second-order valence-electron chi connectivity index (χ2n) is 5.74. The van der Waals surface area contributed by atoms with Crippen LogP contribution in [0.5, 0.6) is 0 Å². The Balaban J connectivity index is 1.81. The molecule has 0 aromatic carbocycles. The summed E-state index contributed by atoms with van der Waals surface area (Å²) < 4.78 is 11.7. The molecule has 5 nitrogen and oxygen atoms in total. The summed E-state index contributed by atoms with van der Waals surface area (Å²) in [4.78, 5) is 6.85. The number of pyridine rings is 1. The van der Waals surface area contributed by atoms with Crippen LogP contribution in [0.25, 0.3) is 0 Å². The molecule has 2 fully saturated rings. The Labute approximate surface area is 120 Å². The van der Waals surface area contributed by atoms with Gasteiger partial charge in [-0.25, -0.2) is 0 Å². The lowest BCUT2D eigenvalue weighted by Crippen LogP contribution is -2.52. The molecule has 2 saturated heterocycles. The second kappa shape index (κ2) is 5.77. The van der Waals surface area contributed by atoms with Gasteiger partial charge >= 0.3 is 0 Å². The Bertz CT molecular complexity index is 432. The molecule has 1 aromatic rings. The zero-order chi connectivity index (χ0) is 14.0. The molecule has 3 rings (SSSR count). The van der Waals surface area contributed by atoms with Crippen molar-refractivity contribution in [2.75, 3.05) is 26.3 Å². The molecule has 2 unspecified atom stereocenters. The summed E-state index contributed by atoms with van der Waals surface area (Å²) >= 11 is 0. The number of aromatic nitrogens is 1. The average Bonchev–Trinajstić information content (AvgIpc) is 2.88. The molecule has 2 aliphatic rings. The lowest BCUT2D eigenvalue weighted by Gasteiger charge is -2.43. The van der Waals surface area contributed by atoms with E-state index < -0.39 is 5.79 Å². The van der Waals surface area contributed by atoms with Gasteiger partial charge in [0.25, 0.3) is 0 Å². The third kappa shape index (κ3) is 2.72. The normalized spacial score (nSPS) is 25.7. The van der Waals surface area contributed by atoms with E-state index in [-0.39, 0.29) is 12.1 Å². The fourth-order valence-corrected chi connectivity index (χ4v) is 3.33. The first-order chi connectivity index (χ1) is 9.70. The minimum absolute atomic E-state index is 0.0152. The van der Waals surface area contributed by atoms with Crippen molar-refractivity contribution in [3.8, 4) is 0 Å².